The van der Waals surface area contributed by atoms with E-state index in [1.807, 2.05) is 18.4 Å². The van der Waals surface area contributed by atoms with Crippen molar-refractivity contribution in [1.82, 2.24) is 0 Å². The molecular weight excluding hydrogens is 237 g/mol. The number of aryl methyl sites for hydroxylation is 1. The molecule has 1 heterocycles. The van der Waals surface area contributed by atoms with Crippen LogP contribution in [0, 0.1) is 12.7 Å². The highest BCUT2D eigenvalue weighted by atomic mass is 32.1. The van der Waals surface area contributed by atoms with E-state index in [0.717, 1.165) is 10.4 Å². The van der Waals surface area contributed by atoms with E-state index >= 15 is 0 Å². The van der Waals surface area contributed by atoms with Crippen LogP contribution >= 0.6 is 11.3 Å². The minimum Gasteiger partial charge on any atom is -0.496 e. The van der Waals surface area contributed by atoms with Gasteiger partial charge in [-0.05, 0) is 36.1 Å². The number of nitrogens with two attached hydrogens (primary N) is 1. The monoisotopic (exact) mass is 251 g/mol. The predicted molar refractivity (Wildman–Crippen MR) is 68.0 cm³/mol. The summed E-state index contributed by atoms with van der Waals surface area (Å²) in [7, 11) is 1.52. The molecule has 0 spiro atoms. The summed E-state index contributed by atoms with van der Waals surface area (Å²) < 4.78 is 19.0. The Morgan fingerprint density at radius 3 is 2.71 bits per heavy atom. The molecule has 0 bridgehead atoms. The van der Waals surface area contributed by atoms with Crippen LogP contribution in [0.15, 0.2) is 29.6 Å². The molecule has 1 aromatic carbocycles. The molecule has 4 heteroatoms. The second-order valence-corrected chi connectivity index (χ2v) is 4.75. The molecule has 0 saturated heterocycles. The number of hydrogen-bond acceptors (Lipinski definition) is 3. The van der Waals surface area contributed by atoms with E-state index in [2.05, 4.69) is 0 Å². The van der Waals surface area contributed by atoms with E-state index in [1.54, 1.807) is 12.1 Å². The summed E-state index contributed by atoms with van der Waals surface area (Å²) in [6.45, 7) is 1.97. The number of halogens is 1. The first kappa shape index (κ1) is 12.1. The summed E-state index contributed by atoms with van der Waals surface area (Å²) in [6.07, 6.45) is 0. The minimum atomic E-state index is -0.480. The Kier molecular flexibility index (Phi) is 3.45. The van der Waals surface area contributed by atoms with Crippen molar-refractivity contribution in [2.75, 3.05) is 7.11 Å². The van der Waals surface area contributed by atoms with Crippen molar-refractivity contribution in [3.63, 3.8) is 0 Å². The van der Waals surface area contributed by atoms with Crippen LogP contribution in [0.25, 0.3) is 0 Å². The third kappa shape index (κ3) is 2.18. The van der Waals surface area contributed by atoms with Gasteiger partial charge in [-0.3, -0.25) is 0 Å². The maximum absolute atomic E-state index is 13.9. The molecule has 0 amide bonds. The quantitative estimate of drug-likeness (QED) is 0.908. The topological polar surface area (TPSA) is 35.2 Å². The fraction of sp³-hybridized carbons (Fsp3) is 0.231. The molecule has 0 aliphatic rings. The molecule has 2 N–H and O–H groups in total. The molecule has 17 heavy (non-hydrogen) atoms. The molecule has 1 atom stereocenters. The molecule has 2 aromatic rings. The first-order valence-electron chi connectivity index (χ1n) is 5.27. The lowest BCUT2D eigenvalue weighted by atomic mass is 10.0. The van der Waals surface area contributed by atoms with Gasteiger partial charge in [0.05, 0.1) is 18.7 Å². The minimum absolute atomic E-state index is 0.329. The molecule has 1 aromatic heterocycles. The van der Waals surface area contributed by atoms with Gasteiger partial charge >= 0.3 is 0 Å². The standard InChI is InChI=1S/C13H14FNOS/c1-8-6-7-17-13(8)12(15)11-9(14)4-3-5-10(11)16-2/h3-7,12H,15H2,1-2H3. The third-order valence-electron chi connectivity index (χ3n) is 2.73. The maximum Gasteiger partial charge on any atom is 0.132 e. The van der Waals surface area contributed by atoms with Crippen molar-refractivity contribution < 1.29 is 9.13 Å². The van der Waals surface area contributed by atoms with Gasteiger partial charge in [0.2, 0.25) is 0 Å². The predicted octanol–water partition coefficient (Wildman–Crippen LogP) is 3.25. The molecular formula is C13H14FNOS. The number of rotatable bonds is 3. The fourth-order valence-corrected chi connectivity index (χ4v) is 2.77. The molecule has 90 valence electrons. The first-order valence-corrected chi connectivity index (χ1v) is 6.15. The highest BCUT2D eigenvalue weighted by molar-refractivity contribution is 7.10. The van der Waals surface area contributed by atoms with Gasteiger partial charge in [-0.2, -0.15) is 0 Å². The lowest BCUT2D eigenvalue weighted by Gasteiger charge is -2.16. The highest BCUT2D eigenvalue weighted by Crippen LogP contribution is 2.34. The van der Waals surface area contributed by atoms with Crippen LogP contribution in [0.4, 0.5) is 4.39 Å². The summed E-state index contributed by atoms with van der Waals surface area (Å²) in [4.78, 5) is 0.966. The van der Waals surface area contributed by atoms with Gasteiger partial charge in [0.15, 0.2) is 0 Å². The van der Waals surface area contributed by atoms with E-state index in [0.29, 0.717) is 11.3 Å². The van der Waals surface area contributed by atoms with Gasteiger partial charge in [0.1, 0.15) is 11.6 Å². The zero-order valence-corrected chi connectivity index (χ0v) is 10.6. The second-order valence-electron chi connectivity index (χ2n) is 3.80. The SMILES string of the molecule is COc1cccc(F)c1C(N)c1sccc1C. The fourth-order valence-electron chi connectivity index (χ4n) is 1.83. The van der Waals surface area contributed by atoms with Crippen LogP contribution in [-0.4, -0.2) is 7.11 Å². The lowest BCUT2D eigenvalue weighted by Crippen LogP contribution is -2.14. The van der Waals surface area contributed by atoms with Gasteiger partial charge in [-0.15, -0.1) is 11.3 Å². The van der Waals surface area contributed by atoms with E-state index in [9.17, 15) is 4.39 Å². The zero-order chi connectivity index (χ0) is 12.4. The van der Waals surface area contributed by atoms with E-state index < -0.39 is 6.04 Å². The summed E-state index contributed by atoms with van der Waals surface area (Å²) >= 11 is 1.53. The Balaban J connectivity index is 2.50. The Hall–Kier alpha value is -1.39. The second kappa shape index (κ2) is 4.85. The van der Waals surface area contributed by atoms with Crippen LogP contribution in [0.2, 0.25) is 0 Å². The number of methoxy groups -OCH3 is 1. The molecule has 0 fully saturated rings. The number of thiophene rings is 1. The Bertz CT molecular complexity index is 524. The van der Waals surface area contributed by atoms with Crippen molar-refractivity contribution in [2.45, 2.75) is 13.0 Å². The molecule has 2 rings (SSSR count). The summed E-state index contributed by atoms with van der Waals surface area (Å²) in [5, 5.41) is 1.96. The van der Waals surface area contributed by atoms with Crippen molar-refractivity contribution >= 4 is 11.3 Å². The number of hydrogen-bond donors (Lipinski definition) is 1. The Morgan fingerprint density at radius 2 is 2.12 bits per heavy atom. The first-order chi connectivity index (χ1) is 8.15. The van der Waals surface area contributed by atoms with Crippen LogP contribution in [0.3, 0.4) is 0 Å². The molecule has 1 unspecified atom stereocenters. The van der Waals surface area contributed by atoms with Crippen LogP contribution in [-0.2, 0) is 0 Å². The van der Waals surface area contributed by atoms with Crippen molar-refractivity contribution in [1.29, 1.82) is 0 Å². The molecule has 2 nitrogen and oxygen atoms in total. The van der Waals surface area contributed by atoms with Crippen LogP contribution in [0.1, 0.15) is 22.0 Å². The largest absolute Gasteiger partial charge is 0.496 e. The molecule has 0 aliphatic carbocycles. The normalized spacial score (nSPS) is 12.5. The average molecular weight is 251 g/mol. The van der Waals surface area contributed by atoms with Gasteiger partial charge in [0.25, 0.3) is 0 Å². The summed E-state index contributed by atoms with van der Waals surface area (Å²) in [6, 6.07) is 6.24. The molecule has 0 saturated carbocycles. The molecule has 0 aliphatic heterocycles. The smallest absolute Gasteiger partial charge is 0.132 e. The van der Waals surface area contributed by atoms with E-state index in [4.69, 9.17) is 10.5 Å². The lowest BCUT2D eigenvalue weighted by molar-refractivity contribution is 0.402. The van der Waals surface area contributed by atoms with Crippen molar-refractivity contribution in [3.05, 3.63) is 51.5 Å². The van der Waals surface area contributed by atoms with Crippen molar-refractivity contribution in [3.8, 4) is 5.75 Å². The van der Waals surface area contributed by atoms with Gasteiger partial charge in [-0.1, -0.05) is 6.07 Å². The van der Waals surface area contributed by atoms with Crippen LogP contribution < -0.4 is 10.5 Å². The Morgan fingerprint density at radius 1 is 1.35 bits per heavy atom. The average Bonchev–Trinajstić information content (AvgIpc) is 2.74. The van der Waals surface area contributed by atoms with Crippen LogP contribution in [0.5, 0.6) is 5.75 Å². The third-order valence-corrected chi connectivity index (χ3v) is 3.83. The van der Waals surface area contributed by atoms with Gasteiger partial charge < -0.3 is 10.5 Å². The maximum atomic E-state index is 13.9. The van der Waals surface area contributed by atoms with Crippen molar-refractivity contribution in [2.24, 2.45) is 5.73 Å². The molecule has 0 radical (unpaired) electrons. The van der Waals surface area contributed by atoms with E-state index in [1.165, 1.54) is 24.5 Å². The summed E-state index contributed by atoms with van der Waals surface area (Å²) in [5.74, 6) is 0.162. The zero-order valence-electron chi connectivity index (χ0n) is 9.74. The Labute approximate surface area is 104 Å². The number of ether oxygens (including phenoxy) is 1. The van der Waals surface area contributed by atoms with E-state index in [-0.39, 0.29) is 5.82 Å². The number of benzene rings is 1. The summed E-state index contributed by atoms with van der Waals surface area (Å²) in [5.41, 5.74) is 7.62. The van der Waals surface area contributed by atoms with Gasteiger partial charge in [-0.25, -0.2) is 4.39 Å². The highest BCUT2D eigenvalue weighted by Gasteiger charge is 2.20. The van der Waals surface area contributed by atoms with Gasteiger partial charge in [0, 0.05) is 4.88 Å².